The lowest BCUT2D eigenvalue weighted by atomic mass is 10.4. The van der Waals surface area contributed by atoms with Gasteiger partial charge in [-0.1, -0.05) is 0 Å². The maximum Gasteiger partial charge on any atom is 0.317 e. The van der Waals surface area contributed by atoms with Crippen LogP contribution >= 0.6 is 0 Å². The highest BCUT2D eigenvalue weighted by molar-refractivity contribution is 5.74. The van der Waals surface area contributed by atoms with E-state index in [4.69, 9.17) is 9.84 Å². The van der Waals surface area contributed by atoms with Gasteiger partial charge in [-0.25, -0.2) is 4.79 Å². The minimum atomic E-state index is -0.918. The first-order valence-electron chi connectivity index (χ1n) is 5.76. The molecule has 0 saturated heterocycles. The van der Waals surface area contributed by atoms with Crippen molar-refractivity contribution in [3.05, 3.63) is 0 Å². The largest absolute Gasteiger partial charge is 0.481 e. The van der Waals surface area contributed by atoms with Crippen LogP contribution in [0.4, 0.5) is 4.79 Å². The van der Waals surface area contributed by atoms with E-state index in [-0.39, 0.29) is 25.1 Å². The summed E-state index contributed by atoms with van der Waals surface area (Å²) in [5, 5.41) is 10.9. The summed E-state index contributed by atoms with van der Waals surface area (Å²) in [6.07, 6.45) is 0.904. The zero-order valence-electron chi connectivity index (χ0n) is 10.7. The Hall–Kier alpha value is -1.30. The molecule has 100 valence electrons. The topological polar surface area (TPSA) is 78.9 Å². The van der Waals surface area contributed by atoms with Crippen LogP contribution in [0.2, 0.25) is 0 Å². The maximum atomic E-state index is 11.4. The van der Waals surface area contributed by atoms with Crippen molar-refractivity contribution in [1.82, 2.24) is 10.2 Å². The van der Waals surface area contributed by atoms with Crippen LogP contribution in [0.5, 0.6) is 0 Å². The lowest BCUT2D eigenvalue weighted by Gasteiger charge is -2.18. The van der Waals surface area contributed by atoms with Crippen molar-refractivity contribution < 1.29 is 19.4 Å². The first-order chi connectivity index (χ1) is 7.93. The zero-order chi connectivity index (χ0) is 13.3. The highest BCUT2D eigenvalue weighted by Gasteiger charge is 2.08. The minimum absolute atomic E-state index is 0.0595. The van der Waals surface area contributed by atoms with Crippen LogP contribution in [0.1, 0.15) is 26.7 Å². The molecule has 0 aliphatic rings. The van der Waals surface area contributed by atoms with Crippen LogP contribution in [0.15, 0.2) is 0 Å². The molecular weight excluding hydrogens is 224 g/mol. The number of amides is 2. The lowest BCUT2D eigenvalue weighted by molar-refractivity contribution is -0.136. The van der Waals surface area contributed by atoms with Crippen molar-refractivity contribution in [3.63, 3.8) is 0 Å². The van der Waals surface area contributed by atoms with Gasteiger partial charge in [0, 0.05) is 26.7 Å². The minimum Gasteiger partial charge on any atom is -0.481 e. The standard InChI is InChI=1S/C11H22N2O4/c1-9(2)17-8-4-7-13(3)11(16)12-6-5-10(14)15/h9H,4-8H2,1-3H3,(H,12,16)(H,14,15). The molecule has 0 radical (unpaired) electrons. The first kappa shape index (κ1) is 15.7. The zero-order valence-corrected chi connectivity index (χ0v) is 10.7. The molecule has 0 unspecified atom stereocenters. The summed E-state index contributed by atoms with van der Waals surface area (Å²) in [5.74, 6) is -0.918. The SMILES string of the molecule is CC(C)OCCCN(C)C(=O)NCCC(=O)O. The van der Waals surface area contributed by atoms with E-state index in [9.17, 15) is 9.59 Å². The number of carboxylic acid groups (broad SMARTS) is 1. The van der Waals surface area contributed by atoms with Crippen LogP contribution in [0, 0.1) is 0 Å². The predicted molar refractivity (Wildman–Crippen MR) is 64.0 cm³/mol. The molecule has 17 heavy (non-hydrogen) atoms. The molecule has 0 bridgehead atoms. The van der Waals surface area contributed by atoms with Crippen LogP contribution in [0.3, 0.4) is 0 Å². The third kappa shape index (κ3) is 9.62. The van der Waals surface area contributed by atoms with Crippen LogP contribution in [-0.2, 0) is 9.53 Å². The second-order valence-electron chi connectivity index (χ2n) is 4.07. The van der Waals surface area contributed by atoms with Crippen molar-refractivity contribution in [2.75, 3.05) is 26.7 Å². The highest BCUT2D eigenvalue weighted by Crippen LogP contribution is 1.93. The van der Waals surface area contributed by atoms with Gasteiger partial charge in [0.05, 0.1) is 12.5 Å². The molecule has 0 aromatic rings. The molecule has 0 saturated carbocycles. The van der Waals surface area contributed by atoms with Crippen LogP contribution in [-0.4, -0.2) is 54.9 Å². The lowest BCUT2D eigenvalue weighted by Crippen LogP contribution is -2.39. The Labute approximate surface area is 102 Å². The van der Waals surface area contributed by atoms with Gasteiger partial charge in [-0.3, -0.25) is 4.79 Å². The number of hydrogen-bond donors (Lipinski definition) is 2. The number of carbonyl (C=O) groups is 2. The fraction of sp³-hybridized carbons (Fsp3) is 0.818. The number of carbonyl (C=O) groups excluding carboxylic acids is 1. The molecule has 0 aromatic carbocycles. The monoisotopic (exact) mass is 246 g/mol. The molecule has 0 atom stereocenters. The van der Waals surface area contributed by atoms with Gasteiger partial charge in [-0.05, 0) is 20.3 Å². The molecule has 0 spiro atoms. The summed E-state index contributed by atoms with van der Waals surface area (Å²) in [4.78, 5) is 23.2. The first-order valence-corrected chi connectivity index (χ1v) is 5.76. The Kier molecular flexibility index (Phi) is 8.13. The van der Waals surface area contributed by atoms with E-state index in [1.54, 1.807) is 7.05 Å². The number of aliphatic carboxylic acids is 1. The number of carboxylic acids is 1. The summed E-state index contributed by atoms with van der Waals surface area (Å²) < 4.78 is 5.35. The fourth-order valence-electron chi connectivity index (χ4n) is 1.13. The van der Waals surface area contributed by atoms with Gasteiger partial charge < -0.3 is 20.1 Å². The predicted octanol–water partition coefficient (Wildman–Crippen LogP) is 0.918. The Balaban J connectivity index is 3.57. The molecule has 6 nitrogen and oxygen atoms in total. The quantitative estimate of drug-likeness (QED) is 0.624. The second-order valence-corrected chi connectivity index (χ2v) is 4.07. The molecule has 2 amide bonds. The molecule has 0 heterocycles. The fourth-order valence-corrected chi connectivity index (χ4v) is 1.13. The maximum absolute atomic E-state index is 11.4. The molecule has 0 aromatic heterocycles. The number of urea groups is 1. The Morgan fingerprint density at radius 1 is 1.41 bits per heavy atom. The number of hydrogen-bond acceptors (Lipinski definition) is 3. The van der Waals surface area contributed by atoms with Gasteiger partial charge in [-0.2, -0.15) is 0 Å². The van der Waals surface area contributed by atoms with Crippen LogP contribution in [0.25, 0.3) is 0 Å². The molecule has 2 N–H and O–H groups in total. The average molecular weight is 246 g/mol. The van der Waals surface area contributed by atoms with E-state index in [0.29, 0.717) is 13.2 Å². The van der Waals surface area contributed by atoms with E-state index in [1.807, 2.05) is 13.8 Å². The molecule has 0 aliphatic carbocycles. The van der Waals surface area contributed by atoms with Crippen molar-refractivity contribution in [1.29, 1.82) is 0 Å². The van der Waals surface area contributed by atoms with Gasteiger partial charge >= 0.3 is 12.0 Å². The van der Waals surface area contributed by atoms with E-state index in [0.717, 1.165) is 6.42 Å². The van der Waals surface area contributed by atoms with E-state index in [2.05, 4.69) is 5.32 Å². The smallest absolute Gasteiger partial charge is 0.317 e. The van der Waals surface area contributed by atoms with E-state index in [1.165, 1.54) is 4.90 Å². The second kappa shape index (κ2) is 8.81. The van der Waals surface area contributed by atoms with E-state index < -0.39 is 5.97 Å². The third-order valence-electron chi connectivity index (χ3n) is 2.05. The summed E-state index contributed by atoms with van der Waals surface area (Å²) in [7, 11) is 1.67. The molecule has 0 rings (SSSR count). The Morgan fingerprint density at radius 3 is 2.59 bits per heavy atom. The summed E-state index contributed by atoms with van der Waals surface area (Å²) in [6.45, 7) is 5.28. The number of nitrogens with zero attached hydrogens (tertiary/aromatic N) is 1. The van der Waals surface area contributed by atoms with Gasteiger partial charge in [0.1, 0.15) is 0 Å². The normalized spacial score (nSPS) is 10.4. The van der Waals surface area contributed by atoms with Gasteiger partial charge in [-0.15, -0.1) is 0 Å². The summed E-state index contributed by atoms with van der Waals surface area (Å²) in [5.41, 5.74) is 0. The van der Waals surface area contributed by atoms with Crippen molar-refractivity contribution in [2.24, 2.45) is 0 Å². The number of rotatable bonds is 8. The number of nitrogens with one attached hydrogen (secondary N) is 1. The van der Waals surface area contributed by atoms with Gasteiger partial charge in [0.2, 0.25) is 0 Å². The van der Waals surface area contributed by atoms with Crippen molar-refractivity contribution >= 4 is 12.0 Å². The average Bonchev–Trinajstić information content (AvgIpc) is 2.23. The Bertz CT molecular complexity index is 244. The van der Waals surface area contributed by atoms with E-state index >= 15 is 0 Å². The van der Waals surface area contributed by atoms with Gasteiger partial charge in [0.25, 0.3) is 0 Å². The molecule has 0 fully saturated rings. The summed E-state index contributed by atoms with van der Waals surface area (Å²) in [6, 6.07) is -0.254. The summed E-state index contributed by atoms with van der Waals surface area (Å²) >= 11 is 0. The van der Waals surface area contributed by atoms with Crippen LogP contribution < -0.4 is 5.32 Å². The molecule has 6 heteroatoms. The highest BCUT2D eigenvalue weighted by atomic mass is 16.5. The van der Waals surface area contributed by atoms with Crippen molar-refractivity contribution in [2.45, 2.75) is 32.8 Å². The van der Waals surface area contributed by atoms with Gasteiger partial charge in [0.15, 0.2) is 0 Å². The molecular formula is C11H22N2O4. The molecule has 0 aliphatic heterocycles. The van der Waals surface area contributed by atoms with Crippen molar-refractivity contribution in [3.8, 4) is 0 Å². The third-order valence-corrected chi connectivity index (χ3v) is 2.05. The number of ether oxygens (including phenoxy) is 1. The Morgan fingerprint density at radius 2 is 2.06 bits per heavy atom.